The molecule has 1 spiro atoms. The van der Waals surface area contributed by atoms with E-state index in [1.165, 1.54) is 6.07 Å². The Labute approximate surface area is 193 Å². The minimum atomic E-state index is -3.56. The molecule has 2 heterocycles. The fourth-order valence-electron chi connectivity index (χ4n) is 4.40. The molecule has 0 aliphatic carbocycles. The SMILES string of the molecule is Cc1ccc(C)c(S(=O)(=O)N2CCC3(CC2)NCCN=C3NCc2ccc(F)c(Cl)c2)c1. The molecule has 9 heteroatoms. The summed E-state index contributed by atoms with van der Waals surface area (Å²) in [7, 11) is -3.56. The van der Waals surface area contributed by atoms with Crippen molar-refractivity contribution in [3.05, 3.63) is 63.9 Å². The predicted octanol–water partition coefficient (Wildman–Crippen LogP) is 3.41. The number of nitrogens with one attached hydrogen (secondary N) is 2. The van der Waals surface area contributed by atoms with Gasteiger partial charge in [-0.05, 0) is 61.6 Å². The monoisotopic (exact) mass is 478 g/mol. The number of piperidine rings is 1. The molecule has 2 aliphatic heterocycles. The molecule has 4 rings (SSSR count). The van der Waals surface area contributed by atoms with Crippen molar-refractivity contribution in [2.24, 2.45) is 4.99 Å². The highest BCUT2D eigenvalue weighted by Crippen LogP contribution is 2.30. The van der Waals surface area contributed by atoms with Crippen molar-refractivity contribution in [2.45, 2.75) is 43.7 Å². The Balaban J connectivity index is 1.48. The smallest absolute Gasteiger partial charge is 0.243 e. The number of aryl methyl sites for hydroxylation is 2. The van der Waals surface area contributed by atoms with E-state index in [1.54, 1.807) is 22.5 Å². The molecule has 172 valence electrons. The van der Waals surface area contributed by atoms with Crippen LogP contribution in [-0.2, 0) is 16.6 Å². The van der Waals surface area contributed by atoms with Crippen molar-refractivity contribution in [1.82, 2.24) is 14.9 Å². The third-order valence-electron chi connectivity index (χ3n) is 6.28. The van der Waals surface area contributed by atoms with Crippen LogP contribution >= 0.6 is 11.6 Å². The van der Waals surface area contributed by atoms with Crippen LogP contribution < -0.4 is 10.6 Å². The second-order valence-electron chi connectivity index (χ2n) is 8.51. The highest BCUT2D eigenvalue weighted by molar-refractivity contribution is 7.89. The van der Waals surface area contributed by atoms with Crippen molar-refractivity contribution in [2.75, 3.05) is 26.2 Å². The van der Waals surface area contributed by atoms with Gasteiger partial charge in [0.25, 0.3) is 0 Å². The Hall–Kier alpha value is -2.00. The minimum absolute atomic E-state index is 0.0904. The molecule has 0 aromatic heterocycles. The molecule has 2 aliphatic rings. The molecule has 0 atom stereocenters. The Morgan fingerprint density at radius 3 is 2.66 bits per heavy atom. The number of rotatable bonds is 4. The highest BCUT2D eigenvalue weighted by Gasteiger charge is 2.43. The molecule has 0 amide bonds. The molecular weight excluding hydrogens is 451 g/mol. The molecule has 0 radical (unpaired) electrons. The maximum absolute atomic E-state index is 13.4. The van der Waals surface area contributed by atoms with E-state index in [-0.39, 0.29) is 5.02 Å². The third kappa shape index (κ3) is 4.55. The Morgan fingerprint density at radius 2 is 1.94 bits per heavy atom. The summed E-state index contributed by atoms with van der Waals surface area (Å²) in [5.74, 6) is 0.383. The van der Waals surface area contributed by atoms with Gasteiger partial charge >= 0.3 is 0 Å². The first-order valence-electron chi connectivity index (χ1n) is 10.8. The maximum atomic E-state index is 13.4. The lowest BCUT2D eigenvalue weighted by molar-refractivity contribution is 0.241. The second kappa shape index (κ2) is 9.09. The molecule has 1 saturated heterocycles. The molecule has 2 N–H and O–H groups in total. The van der Waals surface area contributed by atoms with E-state index in [2.05, 4.69) is 10.6 Å². The zero-order chi connectivity index (χ0) is 22.9. The molecule has 0 saturated carbocycles. The van der Waals surface area contributed by atoms with Crippen LogP contribution in [0.25, 0.3) is 0 Å². The van der Waals surface area contributed by atoms with E-state index in [0.29, 0.717) is 43.9 Å². The van der Waals surface area contributed by atoms with Crippen molar-refractivity contribution in [1.29, 1.82) is 0 Å². The van der Waals surface area contributed by atoms with E-state index in [1.807, 2.05) is 26.0 Å². The second-order valence-corrected chi connectivity index (χ2v) is 10.8. The van der Waals surface area contributed by atoms with Crippen molar-refractivity contribution < 1.29 is 12.8 Å². The maximum Gasteiger partial charge on any atom is 0.243 e. The van der Waals surface area contributed by atoms with E-state index < -0.39 is 21.4 Å². The van der Waals surface area contributed by atoms with Crippen LogP contribution in [0.5, 0.6) is 0 Å². The zero-order valence-corrected chi connectivity index (χ0v) is 19.9. The van der Waals surface area contributed by atoms with Crippen molar-refractivity contribution in [3.8, 4) is 0 Å². The Bertz CT molecular complexity index is 1140. The van der Waals surface area contributed by atoms with Crippen LogP contribution in [0.2, 0.25) is 5.02 Å². The highest BCUT2D eigenvalue weighted by atomic mass is 35.5. The average Bonchev–Trinajstić information content (AvgIpc) is 2.77. The summed E-state index contributed by atoms with van der Waals surface area (Å²) in [5, 5.41) is 7.05. The number of aliphatic imine (C=N–C) groups is 1. The fourth-order valence-corrected chi connectivity index (χ4v) is 6.36. The molecule has 0 bridgehead atoms. The van der Waals surface area contributed by atoms with Gasteiger partial charge in [-0.1, -0.05) is 29.8 Å². The first kappa shape index (κ1) is 23.2. The predicted molar refractivity (Wildman–Crippen MR) is 125 cm³/mol. The number of halogens is 2. The van der Waals surface area contributed by atoms with Gasteiger partial charge in [-0.2, -0.15) is 4.31 Å². The summed E-state index contributed by atoms with van der Waals surface area (Å²) in [5.41, 5.74) is 2.15. The first-order chi connectivity index (χ1) is 15.2. The van der Waals surface area contributed by atoms with Gasteiger partial charge in [-0.25, -0.2) is 12.8 Å². The summed E-state index contributed by atoms with van der Waals surface area (Å²) in [6.07, 6.45) is 1.24. The minimum Gasteiger partial charge on any atom is -0.368 e. The quantitative estimate of drug-likeness (QED) is 0.706. The number of hydrogen-bond donors (Lipinski definition) is 2. The number of amidine groups is 1. The summed E-state index contributed by atoms with van der Waals surface area (Å²) in [6, 6.07) is 10.2. The van der Waals surface area contributed by atoms with E-state index >= 15 is 0 Å². The van der Waals surface area contributed by atoms with Crippen LogP contribution in [0.15, 0.2) is 46.3 Å². The van der Waals surface area contributed by atoms with Gasteiger partial charge in [-0.3, -0.25) is 4.99 Å². The van der Waals surface area contributed by atoms with Gasteiger partial charge in [0.05, 0.1) is 22.0 Å². The van der Waals surface area contributed by atoms with Crippen molar-refractivity contribution >= 4 is 27.5 Å². The van der Waals surface area contributed by atoms with Crippen LogP contribution in [-0.4, -0.2) is 50.3 Å². The molecule has 1 fully saturated rings. The summed E-state index contributed by atoms with van der Waals surface area (Å²) in [6.45, 7) is 6.41. The van der Waals surface area contributed by atoms with Crippen LogP contribution in [0, 0.1) is 19.7 Å². The first-order valence-corrected chi connectivity index (χ1v) is 12.6. The lowest BCUT2D eigenvalue weighted by Gasteiger charge is -2.44. The van der Waals surface area contributed by atoms with Gasteiger partial charge in [0.1, 0.15) is 11.7 Å². The topological polar surface area (TPSA) is 73.8 Å². The molecule has 32 heavy (non-hydrogen) atoms. The van der Waals surface area contributed by atoms with E-state index in [4.69, 9.17) is 16.6 Å². The number of hydrogen-bond acceptors (Lipinski definition) is 5. The molecule has 6 nitrogen and oxygen atoms in total. The Morgan fingerprint density at radius 1 is 1.19 bits per heavy atom. The van der Waals surface area contributed by atoms with E-state index in [0.717, 1.165) is 29.1 Å². The van der Waals surface area contributed by atoms with Gasteiger partial charge in [0.15, 0.2) is 0 Å². The van der Waals surface area contributed by atoms with Gasteiger partial charge in [0, 0.05) is 26.2 Å². The molecule has 2 aromatic rings. The van der Waals surface area contributed by atoms with Crippen LogP contribution in [0.4, 0.5) is 4.39 Å². The average molecular weight is 479 g/mol. The number of nitrogens with zero attached hydrogens (tertiary/aromatic N) is 2. The van der Waals surface area contributed by atoms with E-state index in [9.17, 15) is 12.8 Å². The molecule has 2 aromatic carbocycles. The summed E-state index contributed by atoms with van der Waals surface area (Å²) in [4.78, 5) is 5.08. The Kier molecular flexibility index (Phi) is 6.58. The van der Waals surface area contributed by atoms with Crippen LogP contribution in [0.3, 0.4) is 0 Å². The lowest BCUT2D eigenvalue weighted by Crippen LogP contribution is -2.64. The zero-order valence-electron chi connectivity index (χ0n) is 18.3. The van der Waals surface area contributed by atoms with Gasteiger partial charge in [0.2, 0.25) is 10.0 Å². The van der Waals surface area contributed by atoms with Crippen LogP contribution in [0.1, 0.15) is 29.5 Å². The summed E-state index contributed by atoms with van der Waals surface area (Å²) >= 11 is 5.90. The third-order valence-corrected chi connectivity index (χ3v) is 8.61. The largest absolute Gasteiger partial charge is 0.368 e. The molecular formula is C23H28ClFN4O2S. The summed E-state index contributed by atoms with van der Waals surface area (Å²) < 4.78 is 41.6. The lowest BCUT2D eigenvalue weighted by atomic mass is 9.85. The normalized spacial score (nSPS) is 19.1. The number of sulfonamides is 1. The number of benzene rings is 2. The standard InChI is InChI=1S/C23H28ClFN4O2S/c1-16-3-4-17(2)21(13-16)32(30,31)29-11-7-23(8-12-29)22(26-9-10-28-23)27-15-18-5-6-20(25)19(24)14-18/h3-6,13-14,28H,7-12,15H2,1-2H3,(H,26,27). The van der Waals surface area contributed by atoms with Gasteiger partial charge in [-0.15, -0.1) is 0 Å². The van der Waals surface area contributed by atoms with Crippen molar-refractivity contribution in [3.63, 3.8) is 0 Å². The van der Waals surface area contributed by atoms with Gasteiger partial charge < -0.3 is 10.6 Å². The fraction of sp³-hybridized carbons (Fsp3) is 0.435. The molecule has 0 unspecified atom stereocenters.